The van der Waals surface area contributed by atoms with Gasteiger partial charge in [0.05, 0.1) is 16.8 Å². The van der Waals surface area contributed by atoms with Crippen molar-refractivity contribution in [1.29, 1.82) is 0 Å². The zero-order valence-corrected chi connectivity index (χ0v) is 16.3. The van der Waals surface area contributed by atoms with Gasteiger partial charge in [0.1, 0.15) is 5.82 Å². The summed E-state index contributed by atoms with van der Waals surface area (Å²) in [5, 5.41) is 5.94. The molecule has 1 aliphatic heterocycles. The van der Waals surface area contributed by atoms with Crippen LogP contribution in [0.5, 0.6) is 0 Å². The molecule has 2 aromatic carbocycles. The second kappa shape index (κ2) is 8.97. The van der Waals surface area contributed by atoms with Crippen molar-refractivity contribution in [2.45, 2.75) is 19.8 Å². The molecular weight excluding hydrogens is 357 g/mol. The topological polar surface area (TPSA) is 61.4 Å². The van der Waals surface area contributed by atoms with E-state index >= 15 is 0 Å². The van der Waals surface area contributed by atoms with Crippen LogP contribution >= 0.6 is 0 Å². The molecule has 148 valence electrons. The fourth-order valence-corrected chi connectivity index (χ4v) is 3.64. The summed E-state index contributed by atoms with van der Waals surface area (Å²) in [4.78, 5) is 27.5. The van der Waals surface area contributed by atoms with Crippen LogP contribution in [0.3, 0.4) is 0 Å². The number of aryl methyl sites for hydroxylation is 1. The monoisotopic (exact) mass is 383 g/mol. The summed E-state index contributed by atoms with van der Waals surface area (Å²) in [6.07, 6.45) is 1.91. The fraction of sp³-hybridized carbons (Fsp3) is 0.364. The van der Waals surface area contributed by atoms with E-state index < -0.39 is 11.7 Å². The van der Waals surface area contributed by atoms with Gasteiger partial charge in [-0.3, -0.25) is 9.59 Å². The number of carbonyl (C=O) groups excluding carboxylic acids is 2. The smallest absolute Gasteiger partial charge is 0.258 e. The van der Waals surface area contributed by atoms with E-state index in [9.17, 15) is 14.0 Å². The minimum Gasteiger partial charge on any atom is -0.339 e. The first kappa shape index (κ1) is 20.0. The largest absolute Gasteiger partial charge is 0.339 e. The SMILES string of the molecule is CNCC1CCN(C(=O)c2cccc(C)c2NC(=O)c2ccccc2F)CC1. The van der Waals surface area contributed by atoms with Gasteiger partial charge in [0, 0.05) is 13.1 Å². The highest BCUT2D eigenvalue weighted by atomic mass is 19.1. The third kappa shape index (κ3) is 4.39. The molecule has 1 fully saturated rings. The highest BCUT2D eigenvalue weighted by Crippen LogP contribution is 2.26. The summed E-state index contributed by atoms with van der Waals surface area (Å²) in [6.45, 7) is 4.17. The molecule has 2 N–H and O–H groups in total. The molecule has 5 nitrogen and oxygen atoms in total. The number of nitrogens with zero attached hydrogens (tertiary/aromatic N) is 1. The van der Waals surface area contributed by atoms with Crippen molar-refractivity contribution in [2.75, 3.05) is 32.0 Å². The Morgan fingerprint density at radius 2 is 1.75 bits per heavy atom. The number of para-hydroxylation sites is 1. The van der Waals surface area contributed by atoms with Crippen LogP contribution in [0.1, 0.15) is 39.1 Å². The predicted molar refractivity (Wildman–Crippen MR) is 108 cm³/mol. The molecule has 3 rings (SSSR count). The van der Waals surface area contributed by atoms with Crippen molar-refractivity contribution < 1.29 is 14.0 Å². The molecule has 0 bridgehead atoms. The van der Waals surface area contributed by atoms with E-state index in [0.717, 1.165) is 24.9 Å². The van der Waals surface area contributed by atoms with Crippen LogP contribution in [0.4, 0.5) is 10.1 Å². The summed E-state index contributed by atoms with van der Waals surface area (Å²) in [7, 11) is 1.94. The molecule has 0 aliphatic carbocycles. The van der Waals surface area contributed by atoms with Crippen molar-refractivity contribution in [2.24, 2.45) is 5.92 Å². The van der Waals surface area contributed by atoms with Gasteiger partial charge in [-0.2, -0.15) is 0 Å². The molecule has 1 aliphatic rings. The molecule has 1 saturated heterocycles. The van der Waals surface area contributed by atoms with Crippen molar-refractivity contribution in [3.8, 4) is 0 Å². The number of benzene rings is 2. The van der Waals surface area contributed by atoms with Crippen LogP contribution in [0.25, 0.3) is 0 Å². The van der Waals surface area contributed by atoms with Crippen LogP contribution < -0.4 is 10.6 Å². The normalized spacial score (nSPS) is 14.8. The Balaban J connectivity index is 1.80. The average Bonchev–Trinajstić information content (AvgIpc) is 2.70. The van der Waals surface area contributed by atoms with Gasteiger partial charge >= 0.3 is 0 Å². The van der Waals surface area contributed by atoms with Gasteiger partial charge in [0.2, 0.25) is 0 Å². The third-order valence-electron chi connectivity index (χ3n) is 5.25. The molecular formula is C22H26FN3O2. The molecule has 6 heteroatoms. The minimum atomic E-state index is -0.590. The Kier molecular flexibility index (Phi) is 6.41. The van der Waals surface area contributed by atoms with E-state index in [1.54, 1.807) is 18.2 Å². The number of anilines is 1. The van der Waals surface area contributed by atoms with Crippen molar-refractivity contribution in [3.05, 3.63) is 65.0 Å². The number of hydrogen-bond acceptors (Lipinski definition) is 3. The molecule has 0 spiro atoms. The Morgan fingerprint density at radius 1 is 1.07 bits per heavy atom. The Morgan fingerprint density at radius 3 is 2.43 bits per heavy atom. The maximum absolute atomic E-state index is 14.0. The van der Waals surface area contributed by atoms with Gasteiger partial charge in [-0.1, -0.05) is 24.3 Å². The molecule has 0 atom stereocenters. The first-order chi connectivity index (χ1) is 13.5. The first-order valence-electron chi connectivity index (χ1n) is 9.60. The van der Waals surface area contributed by atoms with Crippen LogP contribution in [-0.2, 0) is 0 Å². The summed E-state index contributed by atoms with van der Waals surface area (Å²) in [5.41, 5.74) is 1.60. The van der Waals surface area contributed by atoms with E-state index in [1.807, 2.05) is 24.9 Å². The molecule has 2 amide bonds. The van der Waals surface area contributed by atoms with Crippen molar-refractivity contribution >= 4 is 17.5 Å². The van der Waals surface area contributed by atoms with Gasteiger partial charge in [0.25, 0.3) is 11.8 Å². The van der Waals surface area contributed by atoms with Crippen LogP contribution in [0, 0.1) is 18.7 Å². The van der Waals surface area contributed by atoms with Crippen LogP contribution in [-0.4, -0.2) is 43.4 Å². The number of amides is 2. The second-order valence-electron chi connectivity index (χ2n) is 7.22. The van der Waals surface area contributed by atoms with Crippen LogP contribution in [0.2, 0.25) is 0 Å². The second-order valence-corrected chi connectivity index (χ2v) is 7.22. The maximum atomic E-state index is 14.0. The van der Waals surface area contributed by atoms with Crippen molar-refractivity contribution in [1.82, 2.24) is 10.2 Å². The van der Waals surface area contributed by atoms with Crippen LogP contribution in [0.15, 0.2) is 42.5 Å². The number of nitrogens with one attached hydrogen (secondary N) is 2. The maximum Gasteiger partial charge on any atom is 0.258 e. The predicted octanol–water partition coefficient (Wildman–Crippen LogP) is 3.46. The molecule has 0 unspecified atom stereocenters. The molecule has 0 aromatic heterocycles. The highest BCUT2D eigenvalue weighted by molar-refractivity contribution is 6.09. The van der Waals surface area contributed by atoms with Gasteiger partial charge < -0.3 is 15.5 Å². The lowest BCUT2D eigenvalue weighted by Crippen LogP contribution is -2.40. The summed E-state index contributed by atoms with van der Waals surface area (Å²) < 4.78 is 14.0. The Bertz CT molecular complexity index is 861. The van der Waals surface area contributed by atoms with Gasteiger partial charge in [-0.15, -0.1) is 0 Å². The molecule has 0 saturated carbocycles. The van der Waals surface area contributed by atoms with Gasteiger partial charge in [-0.05, 0) is 63.0 Å². The standard InChI is InChI=1S/C22H26FN3O2/c1-15-6-5-8-18(22(28)26-12-10-16(11-13-26)14-24-2)20(15)25-21(27)17-7-3-4-9-19(17)23/h3-9,16,24H,10-14H2,1-2H3,(H,25,27). The van der Waals surface area contributed by atoms with E-state index in [1.165, 1.54) is 18.2 Å². The third-order valence-corrected chi connectivity index (χ3v) is 5.25. The van der Waals surface area contributed by atoms with Gasteiger partial charge in [-0.25, -0.2) is 4.39 Å². The van der Waals surface area contributed by atoms with Gasteiger partial charge in [0.15, 0.2) is 0 Å². The lowest BCUT2D eigenvalue weighted by Gasteiger charge is -2.32. The lowest BCUT2D eigenvalue weighted by molar-refractivity contribution is 0.0692. The van der Waals surface area contributed by atoms with E-state index in [2.05, 4.69) is 10.6 Å². The molecule has 1 heterocycles. The van der Waals surface area contributed by atoms with Crippen molar-refractivity contribution in [3.63, 3.8) is 0 Å². The number of halogens is 1. The Hall–Kier alpha value is -2.73. The zero-order chi connectivity index (χ0) is 20.1. The summed E-state index contributed by atoms with van der Waals surface area (Å²) in [5.74, 6) is -0.676. The summed E-state index contributed by atoms with van der Waals surface area (Å²) in [6, 6.07) is 11.2. The van der Waals surface area contributed by atoms with E-state index in [4.69, 9.17) is 0 Å². The quantitative estimate of drug-likeness (QED) is 0.831. The summed E-state index contributed by atoms with van der Waals surface area (Å²) >= 11 is 0. The minimum absolute atomic E-state index is 0.0444. The first-order valence-corrected chi connectivity index (χ1v) is 9.60. The molecule has 0 radical (unpaired) electrons. The zero-order valence-electron chi connectivity index (χ0n) is 16.3. The number of hydrogen-bond donors (Lipinski definition) is 2. The van der Waals surface area contributed by atoms with E-state index in [-0.39, 0.29) is 11.5 Å². The van der Waals surface area contributed by atoms with E-state index in [0.29, 0.717) is 30.3 Å². The Labute approximate surface area is 164 Å². The average molecular weight is 383 g/mol. The number of likely N-dealkylation sites (tertiary alicyclic amines) is 1. The molecule has 28 heavy (non-hydrogen) atoms. The fourth-order valence-electron chi connectivity index (χ4n) is 3.64. The molecule has 2 aromatic rings. The number of carbonyl (C=O) groups is 2. The lowest BCUT2D eigenvalue weighted by atomic mass is 9.96. The number of rotatable bonds is 5. The number of piperidine rings is 1. The highest BCUT2D eigenvalue weighted by Gasteiger charge is 2.26.